The molecule has 5 heteroatoms. The molecular weight excluding hydrogens is 276 g/mol. The van der Waals surface area contributed by atoms with E-state index in [1.165, 1.54) is 11.1 Å². The van der Waals surface area contributed by atoms with Crippen LogP contribution in [0.2, 0.25) is 4.73 Å². The summed E-state index contributed by atoms with van der Waals surface area (Å²) in [6.45, 7) is 2.31. The van der Waals surface area contributed by atoms with Gasteiger partial charge in [0.25, 0.3) is 0 Å². The monoisotopic (exact) mass is 294 g/mol. The molecule has 14 heavy (non-hydrogen) atoms. The molecule has 0 radical (unpaired) electrons. The Hall–Kier alpha value is 1.02. The van der Waals surface area contributed by atoms with E-state index in [-0.39, 0.29) is 37.2 Å². The van der Waals surface area contributed by atoms with Gasteiger partial charge in [0.05, 0.1) is 0 Å². The maximum atomic E-state index is 2.46. The summed E-state index contributed by atoms with van der Waals surface area (Å²) in [5.74, 6) is 0. The van der Waals surface area contributed by atoms with Gasteiger partial charge in [-0.05, 0) is 0 Å². The van der Waals surface area contributed by atoms with E-state index < -0.39 is 18.1 Å². The minimum atomic E-state index is -0.977. The first kappa shape index (κ1) is 20.4. The third-order valence-corrected chi connectivity index (χ3v) is 6.49. The summed E-state index contributed by atoms with van der Waals surface area (Å²) in [4.78, 5) is 0. The summed E-state index contributed by atoms with van der Waals surface area (Å²) in [5.41, 5.74) is 0. The van der Waals surface area contributed by atoms with E-state index in [0.29, 0.717) is 0 Å². The Morgan fingerprint density at radius 3 is 2.14 bits per heavy atom. The van der Waals surface area contributed by atoms with E-state index in [1.54, 1.807) is 3.88 Å². The molecule has 0 bridgehead atoms. The third kappa shape index (κ3) is 5.80. The van der Waals surface area contributed by atoms with Crippen molar-refractivity contribution < 1.29 is 18.1 Å². The van der Waals surface area contributed by atoms with E-state index >= 15 is 0 Å². The van der Waals surface area contributed by atoms with Gasteiger partial charge in [0.15, 0.2) is 0 Å². The number of rotatable bonds is 3. The Bertz CT molecular complexity index is 192. The number of halogens is 3. The summed E-state index contributed by atoms with van der Waals surface area (Å²) in [6.07, 6.45) is 8.00. The van der Waals surface area contributed by atoms with Crippen LogP contribution in [0.3, 0.4) is 0 Å². The van der Waals surface area contributed by atoms with E-state index in [2.05, 4.69) is 42.6 Å². The Labute approximate surface area is 112 Å². The molecule has 0 N–H and O–H groups in total. The second-order valence-corrected chi connectivity index (χ2v) is 7.92. The molecule has 0 aromatic rings. The summed E-state index contributed by atoms with van der Waals surface area (Å²) in [6, 6.07) is 0. The van der Waals surface area contributed by atoms with Gasteiger partial charge in [-0.2, -0.15) is 0 Å². The van der Waals surface area contributed by atoms with Crippen LogP contribution in [0, 0.1) is 0 Å². The molecular formula is C9H19Cl3NTi. The molecule has 0 fully saturated rings. The van der Waals surface area contributed by atoms with Gasteiger partial charge >= 0.3 is 75.8 Å². The smallest absolute Gasteiger partial charge is 0.147 e. The van der Waals surface area contributed by atoms with Crippen molar-refractivity contribution in [1.29, 1.82) is 0 Å². The topological polar surface area (TPSA) is 3.24 Å². The normalized spacial score (nSPS) is 12.4. The predicted octanol–water partition coefficient (Wildman–Crippen LogP) is 3.63. The molecule has 0 aromatic heterocycles. The molecule has 0 saturated carbocycles. The van der Waals surface area contributed by atoms with Crippen LogP contribution in [0.5, 0.6) is 0 Å². The molecule has 0 amide bonds. The van der Waals surface area contributed by atoms with Gasteiger partial charge in [-0.3, -0.25) is 0 Å². The zero-order valence-electron chi connectivity index (χ0n) is 8.82. The molecule has 1 aliphatic rings. The molecule has 0 aliphatic heterocycles. The molecule has 0 atom stereocenters. The van der Waals surface area contributed by atoms with Crippen molar-refractivity contribution in [3.05, 3.63) is 22.1 Å². The van der Waals surface area contributed by atoms with Crippen LogP contribution in [0.15, 0.2) is 22.1 Å². The summed E-state index contributed by atoms with van der Waals surface area (Å²) < 4.78 is 5.55. The molecule has 0 heterocycles. The second kappa shape index (κ2) is 10.5. The van der Waals surface area contributed by atoms with Crippen LogP contribution in [0.4, 0.5) is 0 Å². The Morgan fingerprint density at radius 2 is 1.86 bits per heavy atom. The second-order valence-electron chi connectivity index (χ2n) is 3.02. The average molecular weight is 295 g/mol. The molecule has 0 saturated heterocycles. The maximum absolute atomic E-state index is 2.46. The van der Waals surface area contributed by atoms with E-state index in [4.69, 9.17) is 0 Å². The maximum Gasteiger partial charge on any atom is -0.147 e. The van der Waals surface area contributed by atoms with Crippen molar-refractivity contribution in [3.8, 4) is 0 Å². The SMILES string of the molecule is C[CH2][Ti]([C]1=CC=CC1)[N](C)C.Cl.Cl.Cl. The standard InChI is InChI=1S/C5H5.C2H6N.C2H5.3ClH.Ti/c1-2-4-5-3-1;1-3-2;1-2;;;;/h1-3H,4H2;1-2H3;1H2,2H3;3*1H;/q;-1;;;;;+1. The van der Waals surface area contributed by atoms with Crippen molar-refractivity contribution in [2.45, 2.75) is 18.1 Å². The first-order valence-corrected chi connectivity index (χ1v) is 6.73. The Balaban J connectivity index is -0.000000403. The van der Waals surface area contributed by atoms with Crippen LogP contribution in [-0.4, -0.2) is 17.5 Å². The van der Waals surface area contributed by atoms with Crippen LogP contribution in [0.1, 0.15) is 13.3 Å². The molecule has 1 aliphatic carbocycles. The van der Waals surface area contributed by atoms with Gasteiger partial charge in [0.1, 0.15) is 0 Å². The number of hydrogen-bond acceptors (Lipinski definition) is 1. The number of hydrogen-bond donors (Lipinski definition) is 0. The van der Waals surface area contributed by atoms with Crippen LogP contribution < -0.4 is 0 Å². The Morgan fingerprint density at radius 1 is 1.29 bits per heavy atom. The fraction of sp³-hybridized carbons (Fsp3) is 0.556. The minimum absolute atomic E-state index is 0. The summed E-state index contributed by atoms with van der Waals surface area (Å²) in [7, 11) is 4.44. The van der Waals surface area contributed by atoms with Crippen LogP contribution in [-0.2, 0) is 18.1 Å². The van der Waals surface area contributed by atoms with Gasteiger partial charge in [-0.1, -0.05) is 0 Å². The number of nitrogens with zero attached hydrogens (tertiary/aromatic N) is 1. The number of allylic oxidation sites excluding steroid dienone is 4. The van der Waals surface area contributed by atoms with Gasteiger partial charge in [0.2, 0.25) is 0 Å². The third-order valence-electron chi connectivity index (χ3n) is 2.02. The predicted molar refractivity (Wildman–Crippen MR) is 67.8 cm³/mol. The van der Waals surface area contributed by atoms with E-state index in [1.807, 2.05) is 0 Å². The first-order valence-electron chi connectivity index (χ1n) is 4.15. The van der Waals surface area contributed by atoms with Crippen molar-refractivity contribution in [3.63, 3.8) is 0 Å². The molecule has 0 aromatic carbocycles. The molecule has 1 rings (SSSR count). The fourth-order valence-electron chi connectivity index (χ4n) is 1.49. The van der Waals surface area contributed by atoms with Gasteiger partial charge < -0.3 is 0 Å². The summed E-state index contributed by atoms with van der Waals surface area (Å²) in [5, 5.41) is 0. The Kier molecular flexibility index (Phi) is 15.4. The van der Waals surface area contributed by atoms with Gasteiger partial charge in [-0.25, -0.2) is 0 Å². The fourth-order valence-corrected chi connectivity index (χ4v) is 5.09. The molecule has 0 unspecified atom stereocenters. The summed E-state index contributed by atoms with van der Waals surface area (Å²) >= 11 is -0.977. The quantitative estimate of drug-likeness (QED) is 0.719. The van der Waals surface area contributed by atoms with E-state index in [0.717, 1.165) is 0 Å². The zero-order valence-corrected chi connectivity index (χ0v) is 12.8. The van der Waals surface area contributed by atoms with E-state index in [9.17, 15) is 0 Å². The molecule has 1 nitrogen and oxygen atoms in total. The molecule has 85 valence electrons. The van der Waals surface area contributed by atoms with Crippen molar-refractivity contribution in [2.75, 3.05) is 14.1 Å². The van der Waals surface area contributed by atoms with Crippen LogP contribution in [0.25, 0.3) is 0 Å². The van der Waals surface area contributed by atoms with Crippen molar-refractivity contribution in [2.24, 2.45) is 0 Å². The van der Waals surface area contributed by atoms with Gasteiger partial charge in [0, 0.05) is 0 Å². The average Bonchev–Trinajstić information content (AvgIpc) is 2.40. The molecule has 0 spiro atoms. The van der Waals surface area contributed by atoms with Crippen molar-refractivity contribution >= 4 is 37.2 Å². The minimum Gasteiger partial charge on any atom is -0.147 e. The zero-order chi connectivity index (χ0) is 8.27. The first-order chi connectivity index (χ1) is 5.25. The largest absolute Gasteiger partial charge is 0.147 e. The van der Waals surface area contributed by atoms with Crippen molar-refractivity contribution in [1.82, 2.24) is 3.38 Å². The van der Waals surface area contributed by atoms with Gasteiger partial charge in [-0.15, -0.1) is 37.2 Å². The van der Waals surface area contributed by atoms with Crippen LogP contribution >= 0.6 is 37.2 Å².